The quantitative estimate of drug-likeness (QED) is 0.147. The zero-order valence-electron chi connectivity index (χ0n) is 72.2. The molecule has 9 heteroatoms. The molecule has 4 nitrogen and oxygen atoms in total. The van der Waals surface area contributed by atoms with Gasteiger partial charge in [0.2, 0.25) is 0 Å². The van der Waals surface area contributed by atoms with Crippen LogP contribution >= 0.6 is 58.0 Å². The molecule has 134 heavy (non-hydrogen) atoms. The van der Waals surface area contributed by atoms with Crippen LogP contribution in [0.15, 0.2) is 483 Å². The fourth-order valence-electron chi connectivity index (χ4n) is 23.3. The average molecular weight is 1800 g/mol. The number of rotatable bonds is 7. The summed E-state index contributed by atoms with van der Waals surface area (Å²) in [5.74, 6) is 0. The molecule has 0 radical (unpaired) electrons. The molecule has 3 aliphatic carbocycles. The molecular formula is C125H77N3OS5. The summed E-state index contributed by atoms with van der Waals surface area (Å²) in [7, 11) is 0. The molecule has 0 unspecified atom stereocenters. The van der Waals surface area contributed by atoms with E-state index in [1.54, 1.807) is 0 Å². The smallest absolute Gasteiger partial charge is 0.143 e. The molecule has 0 saturated carbocycles. The molecule has 0 fully saturated rings. The van der Waals surface area contributed by atoms with E-state index >= 15 is 0 Å². The Kier molecular flexibility index (Phi) is 17.6. The molecular weight excluding hydrogens is 1720 g/mol. The van der Waals surface area contributed by atoms with Crippen molar-refractivity contribution in [2.24, 2.45) is 0 Å². The third kappa shape index (κ3) is 11.5. The van der Waals surface area contributed by atoms with Gasteiger partial charge in [-0.15, -0.1) is 22.7 Å². The zero-order chi connectivity index (χ0) is 87.9. The van der Waals surface area contributed by atoms with Gasteiger partial charge in [0.25, 0.3) is 0 Å². The van der Waals surface area contributed by atoms with E-state index in [0.29, 0.717) is 0 Å². The van der Waals surface area contributed by atoms with E-state index in [0.717, 1.165) is 61.4 Å². The van der Waals surface area contributed by atoms with E-state index in [1.807, 2.05) is 58.0 Å². The Morgan fingerprint density at radius 1 is 0.194 bits per heavy atom. The zero-order valence-corrected chi connectivity index (χ0v) is 76.3. The van der Waals surface area contributed by atoms with Gasteiger partial charge >= 0.3 is 0 Å². The van der Waals surface area contributed by atoms with Gasteiger partial charge < -0.3 is 20.4 Å². The molecule has 0 bridgehead atoms. The van der Waals surface area contributed by atoms with Crippen LogP contribution in [-0.2, 0) is 16.2 Å². The van der Waals surface area contributed by atoms with Crippen LogP contribution in [0, 0.1) is 0 Å². The maximum atomic E-state index is 6.48. The molecule has 628 valence electrons. The summed E-state index contributed by atoms with van der Waals surface area (Å²) in [5, 5.41) is 23.9. The molecule has 21 aromatic carbocycles. The van der Waals surface area contributed by atoms with Gasteiger partial charge in [0.1, 0.15) is 11.2 Å². The predicted octanol–water partition coefficient (Wildman–Crippen LogP) is 35.4. The number of thiophene rings is 2. The van der Waals surface area contributed by atoms with Crippen LogP contribution in [0.3, 0.4) is 0 Å². The van der Waals surface area contributed by atoms with Crippen molar-refractivity contribution in [2.75, 3.05) is 16.0 Å². The molecule has 30 rings (SSSR count). The fourth-order valence-corrected chi connectivity index (χ4v) is 29.2. The van der Waals surface area contributed by atoms with Gasteiger partial charge in [-0.2, -0.15) is 0 Å². The van der Waals surface area contributed by atoms with E-state index in [1.165, 1.54) is 197 Å². The lowest BCUT2D eigenvalue weighted by atomic mass is 9.67. The summed E-state index contributed by atoms with van der Waals surface area (Å²) in [6, 6.07) is 165. The second-order valence-corrected chi connectivity index (χ2v) is 41.0. The highest BCUT2D eigenvalue weighted by Gasteiger charge is 2.54. The Balaban J connectivity index is 0.000000100. The minimum absolute atomic E-state index is 0.373. The van der Waals surface area contributed by atoms with Crippen LogP contribution in [0.4, 0.5) is 34.1 Å². The normalized spacial score (nSPS) is 13.9. The molecule has 6 heterocycles. The molecule has 0 atom stereocenters. The lowest BCUT2D eigenvalue weighted by molar-refractivity contribution is 0.673. The molecule has 3 aliphatic heterocycles. The Morgan fingerprint density at radius 3 is 1.07 bits per heavy atom. The largest absolute Gasteiger partial charge is 0.455 e. The van der Waals surface area contributed by atoms with Crippen LogP contribution in [0.25, 0.3) is 128 Å². The summed E-state index contributed by atoms with van der Waals surface area (Å²) in [6.45, 7) is 0. The van der Waals surface area contributed by atoms with E-state index in [-0.39, 0.29) is 10.8 Å². The number of hydrogen-bond acceptors (Lipinski definition) is 9. The number of furan rings is 1. The van der Waals surface area contributed by atoms with E-state index < -0.39 is 5.41 Å². The number of hydrogen-bond donors (Lipinski definition) is 3. The first-order chi connectivity index (χ1) is 66.4. The van der Waals surface area contributed by atoms with Gasteiger partial charge in [-0.3, -0.25) is 0 Å². The maximum Gasteiger partial charge on any atom is 0.143 e. The van der Waals surface area contributed by atoms with Crippen molar-refractivity contribution < 1.29 is 4.42 Å². The monoisotopic (exact) mass is 1800 g/mol. The van der Waals surface area contributed by atoms with Gasteiger partial charge in [-0.1, -0.05) is 351 Å². The third-order valence-electron chi connectivity index (χ3n) is 28.8. The molecule has 0 amide bonds. The number of fused-ring (bicyclic) bond motifs is 39. The number of para-hydroxylation sites is 1. The van der Waals surface area contributed by atoms with Gasteiger partial charge in [0.05, 0.1) is 27.3 Å². The van der Waals surface area contributed by atoms with Crippen molar-refractivity contribution in [3.05, 3.63) is 516 Å². The van der Waals surface area contributed by atoms with Gasteiger partial charge in [-0.25, -0.2) is 0 Å². The summed E-state index contributed by atoms with van der Waals surface area (Å²) in [6.07, 6.45) is 0. The van der Waals surface area contributed by atoms with Crippen molar-refractivity contribution in [3.63, 3.8) is 0 Å². The van der Waals surface area contributed by atoms with Crippen LogP contribution in [-0.4, -0.2) is 0 Å². The van der Waals surface area contributed by atoms with Crippen LogP contribution in [0.1, 0.15) is 66.8 Å². The lowest BCUT2D eigenvalue weighted by Crippen LogP contribution is -2.32. The van der Waals surface area contributed by atoms with Crippen LogP contribution in [0.2, 0.25) is 0 Å². The SMILES string of the molecule is c1ccc(-c2ccc3c(c2)C2(c4ccccc4S3)c3ccccc3-c3ccccc32)c(Nc2cccc3sc4ccccc4c23)c1.c1ccc2c(c1)Sc1ccc(Nc3cccc4oc5c6ccccc6ccc5c34)cc1C21c2ccccc2-c2ccccc21.c1ccc2c(c1)Sc1ccc(Nc3cccc4sc5cc6ccccc6cc5c34)cc1C21c2ccccc2-c2ccccc21. The molecule has 3 spiro atoms. The highest BCUT2D eigenvalue weighted by Crippen LogP contribution is 2.67. The first kappa shape index (κ1) is 77.6. The first-order valence-electron chi connectivity index (χ1n) is 45.7. The minimum atomic E-state index is -0.394. The Hall–Kier alpha value is -15.2. The summed E-state index contributed by atoms with van der Waals surface area (Å²) in [5.41, 5.74) is 33.9. The number of nitrogens with one attached hydrogen (secondary N) is 3. The average Bonchev–Trinajstić information content (AvgIpc) is 1.60. The van der Waals surface area contributed by atoms with E-state index in [4.69, 9.17) is 4.42 Å². The summed E-state index contributed by atoms with van der Waals surface area (Å²) in [4.78, 5) is 7.88. The van der Waals surface area contributed by atoms with Crippen molar-refractivity contribution in [1.82, 2.24) is 0 Å². The minimum Gasteiger partial charge on any atom is -0.455 e. The molecule has 0 saturated heterocycles. The van der Waals surface area contributed by atoms with Crippen molar-refractivity contribution >= 4 is 176 Å². The molecule has 3 N–H and O–H groups in total. The second-order valence-electron chi connectivity index (χ2n) is 35.6. The van der Waals surface area contributed by atoms with Gasteiger partial charge in [0.15, 0.2) is 0 Å². The summed E-state index contributed by atoms with van der Waals surface area (Å²) < 4.78 is 11.7. The van der Waals surface area contributed by atoms with Crippen LogP contribution in [0.5, 0.6) is 0 Å². The van der Waals surface area contributed by atoms with E-state index in [9.17, 15) is 0 Å². The van der Waals surface area contributed by atoms with Crippen molar-refractivity contribution in [1.29, 1.82) is 0 Å². The topological polar surface area (TPSA) is 49.2 Å². The fraction of sp³-hybridized carbons (Fsp3) is 0.0240. The van der Waals surface area contributed by atoms with E-state index in [2.05, 4.69) is 465 Å². The Labute approximate surface area is 795 Å². The molecule has 24 aromatic rings. The predicted molar refractivity (Wildman–Crippen MR) is 566 cm³/mol. The lowest BCUT2D eigenvalue weighted by Gasteiger charge is -2.40. The van der Waals surface area contributed by atoms with Crippen LogP contribution < -0.4 is 16.0 Å². The third-order valence-corrected chi connectivity index (χ3v) is 34.5. The number of benzene rings is 21. The Morgan fingerprint density at radius 2 is 0.552 bits per heavy atom. The molecule has 6 aliphatic rings. The van der Waals surface area contributed by atoms with Crippen molar-refractivity contribution in [3.8, 4) is 44.5 Å². The highest BCUT2D eigenvalue weighted by molar-refractivity contribution is 8.00. The van der Waals surface area contributed by atoms with Gasteiger partial charge in [-0.05, 0) is 255 Å². The summed E-state index contributed by atoms with van der Waals surface area (Å²) >= 11 is 9.38. The Bertz CT molecular complexity index is 8750. The van der Waals surface area contributed by atoms with Gasteiger partial charge in [0, 0.05) is 114 Å². The maximum absolute atomic E-state index is 6.48. The first-order valence-corrected chi connectivity index (χ1v) is 49.8. The number of anilines is 6. The highest BCUT2D eigenvalue weighted by atomic mass is 32.2. The molecule has 3 aromatic heterocycles. The van der Waals surface area contributed by atoms with Crippen molar-refractivity contribution in [2.45, 2.75) is 45.6 Å². The second kappa shape index (κ2) is 30.4. The standard InChI is InChI=1S/C43H27NS2.C41H25NOS.C41H25NS2/c1-5-16-32-29(13-1)30-14-2-6-17-33(30)43(32)34-18-7-10-22-39(34)46-40-25-24-27(26-35(40)43)28-12-3-8-19-36(28)44-37-20-11-23-41-42(37)31-15-4-9-21-38(31)45-41;1-2-11-27-25(10-1)20-22-30-39-35(17-9-18-36(39)43-40(27)30)42-26-21-23-38-34(24-26)41(33-16-7-8-19-37(33)44-38)31-14-5-3-12-28(31)29-13-4-6-15-32(29)41;1-2-11-26-23-39-30(22-25(26)10-1)40-35(17-9-19-38(40)44-39)42-27-20-21-37-34(24-27)41(33-16-7-8-18-36(33)43-37)31-14-5-3-12-28(31)29-13-4-6-15-32(29)41/h1-26,44H;2*1-24,42H.